The maximum atomic E-state index is 10.4. The van der Waals surface area contributed by atoms with E-state index in [-0.39, 0.29) is 5.12 Å². The van der Waals surface area contributed by atoms with E-state index in [0.29, 0.717) is 13.0 Å². The van der Waals surface area contributed by atoms with Gasteiger partial charge in [-0.25, -0.2) is 0 Å². The number of rotatable bonds is 5. The van der Waals surface area contributed by atoms with Crippen molar-refractivity contribution in [1.82, 2.24) is 0 Å². The minimum Gasteiger partial charge on any atom is -0.330 e. The Balaban J connectivity index is 3.21. The van der Waals surface area contributed by atoms with Crippen LogP contribution in [-0.4, -0.2) is 17.7 Å². The molecule has 0 unspecified atom stereocenters. The monoisotopic (exact) mass is 162 g/mol. The van der Waals surface area contributed by atoms with Gasteiger partial charge in [0.15, 0.2) is 0 Å². The second-order valence-electron chi connectivity index (χ2n) is 2.23. The van der Waals surface area contributed by atoms with Gasteiger partial charge in [-0.15, -0.1) is 12.6 Å². The van der Waals surface area contributed by atoms with Gasteiger partial charge in [0.05, 0.1) is 6.04 Å². The third-order valence-electron chi connectivity index (χ3n) is 1.29. The zero-order valence-corrected chi connectivity index (χ0v) is 6.81. The number of carbonyl (C=O) groups is 1. The molecule has 0 amide bonds. The average molecular weight is 162 g/mol. The maximum Gasteiger partial charge on any atom is 0.202 e. The van der Waals surface area contributed by atoms with Crippen molar-refractivity contribution in [2.24, 2.45) is 11.5 Å². The highest BCUT2D eigenvalue weighted by Gasteiger charge is 2.06. The van der Waals surface area contributed by atoms with Gasteiger partial charge in [0.2, 0.25) is 5.12 Å². The molecule has 1 atom stereocenters. The topological polar surface area (TPSA) is 69.1 Å². The molecular formula is C6H14N2OS. The summed E-state index contributed by atoms with van der Waals surface area (Å²) in [5, 5.41) is -0.239. The molecule has 0 aliphatic carbocycles. The van der Waals surface area contributed by atoms with Gasteiger partial charge in [-0.05, 0) is 19.4 Å². The van der Waals surface area contributed by atoms with Crippen molar-refractivity contribution < 1.29 is 4.79 Å². The number of unbranched alkanes of at least 4 members (excludes halogenated alkanes) is 1. The third kappa shape index (κ3) is 4.78. The molecule has 0 aliphatic rings. The van der Waals surface area contributed by atoms with E-state index in [4.69, 9.17) is 11.5 Å². The molecule has 0 radical (unpaired) electrons. The summed E-state index contributed by atoms with van der Waals surface area (Å²) in [5.74, 6) is 0. The smallest absolute Gasteiger partial charge is 0.202 e. The van der Waals surface area contributed by atoms with Gasteiger partial charge in [-0.2, -0.15) is 0 Å². The molecule has 60 valence electrons. The number of nitrogens with two attached hydrogens (primary N) is 2. The van der Waals surface area contributed by atoms with Crippen molar-refractivity contribution in [3.05, 3.63) is 0 Å². The van der Waals surface area contributed by atoms with Crippen LogP contribution in [0.5, 0.6) is 0 Å². The lowest BCUT2D eigenvalue weighted by molar-refractivity contribution is -0.112. The molecule has 0 fully saturated rings. The summed E-state index contributed by atoms with van der Waals surface area (Å²) in [6, 6.07) is -0.408. The summed E-state index contributed by atoms with van der Waals surface area (Å²) in [7, 11) is 0. The molecule has 0 rings (SSSR count). The standard InChI is InChI=1S/C6H14N2OS/c7-4-2-1-3-5(8)6(9)10/h5H,1-4,7-8H2,(H,9,10)/t5-/m1/s1. The van der Waals surface area contributed by atoms with Gasteiger partial charge in [-0.3, -0.25) is 4.79 Å². The summed E-state index contributed by atoms with van der Waals surface area (Å²) in [5.41, 5.74) is 10.6. The lowest BCUT2D eigenvalue weighted by Crippen LogP contribution is -2.26. The fraction of sp³-hybridized carbons (Fsp3) is 0.833. The highest BCUT2D eigenvalue weighted by molar-refractivity contribution is 7.96. The molecular weight excluding hydrogens is 148 g/mol. The van der Waals surface area contributed by atoms with Gasteiger partial charge >= 0.3 is 0 Å². The second-order valence-corrected chi connectivity index (χ2v) is 2.67. The van der Waals surface area contributed by atoms with E-state index in [9.17, 15) is 4.79 Å². The molecule has 0 aromatic rings. The Morgan fingerprint density at radius 3 is 2.50 bits per heavy atom. The van der Waals surface area contributed by atoms with Gasteiger partial charge in [-0.1, -0.05) is 6.42 Å². The largest absolute Gasteiger partial charge is 0.330 e. The number of hydrogen-bond acceptors (Lipinski definition) is 3. The summed E-state index contributed by atoms with van der Waals surface area (Å²) in [4.78, 5) is 10.4. The van der Waals surface area contributed by atoms with Crippen LogP contribution in [0.25, 0.3) is 0 Å². The Hall–Kier alpha value is -0.0600. The highest BCUT2D eigenvalue weighted by Crippen LogP contribution is 1.99. The number of carbonyl (C=O) groups excluding carboxylic acids is 1. The van der Waals surface area contributed by atoms with Crippen molar-refractivity contribution in [1.29, 1.82) is 0 Å². The summed E-state index contributed by atoms with van der Waals surface area (Å²) in [6.45, 7) is 0.660. The Kier molecular flexibility index (Phi) is 5.67. The first-order chi connectivity index (χ1) is 4.68. The SMILES string of the molecule is NCCCC[C@@H](N)C(=O)S. The van der Waals surface area contributed by atoms with Crippen molar-refractivity contribution in [3.63, 3.8) is 0 Å². The molecule has 0 aromatic heterocycles. The van der Waals surface area contributed by atoms with Crippen LogP contribution >= 0.6 is 12.6 Å². The van der Waals surface area contributed by atoms with E-state index >= 15 is 0 Å². The first kappa shape index (κ1) is 9.94. The predicted octanol–water partition coefficient (Wildman–Crippen LogP) is -0.101. The molecule has 3 nitrogen and oxygen atoms in total. The van der Waals surface area contributed by atoms with Gasteiger partial charge in [0.1, 0.15) is 0 Å². The lowest BCUT2D eigenvalue weighted by Gasteiger charge is -2.04. The fourth-order valence-electron chi connectivity index (χ4n) is 0.632. The van der Waals surface area contributed by atoms with Gasteiger partial charge < -0.3 is 11.5 Å². The molecule has 0 saturated heterocycles. The van der Waals surface area contributed by atoms with Gasteiger partial charge in [0.25, 0.3) is 0 Å². The lowest BCUT2D eigenvalue weighted by atomic mass is 10.1. The molecule has 0 aliphatic heterocycles. The third-order valence-corrected chi connectivity index (χ3v) is 1.62. The van der Waals surface area contributed by atoms with E-state index < -0.39 is 6.04 Å². The zero-order chi connectivity index (χ0) is 7.98. The average Bonchev–Trinajstić information content (AvgIpc) is 1.88. The number of hydrogen-bond donors (Lipinski definition) is 3. The molecule has 10 heavy (non-hydrogen) atoms. The van der Waals surface area contributed by atoms with Crippen LogP contribution in [0.4, 0.5) is 0 Å². The van der Waals surface area contributed by atoms with Crippen LogP contribution < -0.4 is 11.5 Å². The van der Waals surface area contributed by atoms with E-state index in [2.05, 4.69) is 12.6 Å². The Morgan fingerprint density at radius 2 is 2.10 bits per heavy atom. The van der Waals surface area contributed by atoms with E-state index in [0.717, 1.165) is 12.8 Å². The molecule has 0 aromatic carbocycles. The van der Waals surface area contributed by atoms with Crippen molar-refractivity contribution >= 4 is 17.7 Å². The maximum absolute atomic E-state index is 10.4. The molecule has 0 heterocycles. The Morgan fingerprint density at radius 1 is 1.50 bits per heavy atom. The van der Waals surface area contributed by atoms with Crippen molar-refractivity contribution in [2.45, 2.75) is 25.3 Å². The normalized spacial score (nSPS) is 13.1. The molecule has 0 bridgehead atoms. The van der Waals surface area contributed by atoms with Gasteiger partial charge in [0, 0.05) is 0 Å². The summed E-state index contributed by atoms with van der Waals surface area (Å²) >= 11 is 3.60. The summed E-state index contributed by atoms with van der Waals surface area (Å²) < 4.78 is 0. The number of thiol groups is 1. The first-order valence-electron chi connectivity index (χ1n) is 3.37. The molecule has 4 N–H and O–H groups in total. The highest BCUT2D eigenvalue weighted by atomic mass is 32.1. The van der Waals surface area contributed by atoms with E-state index in [1.165, 1.54) is 0 Å². The van der Waals surface area contributed by atoms with Crippen LogP contribution in [0.1, 0.15) is 19.3 Å². The molecule has 0 saturated carbocycles. The second kappa shape index (κ2) is 5.70. The molecule has 0 spiro atoms. The summed E-state index contributed by atoms with van der Waals surface area (Å²) in [6.07, 6.45) is 2.53. The fourth-order valence-corrected chi connectivity index (χ4v) is 0.761. The minimum absolute atomic E-state index is 0.239. The van der Waals surface area contributed by atoms with Crippen LogP contribution in [0, 0.1) is 0 Å². The Labute approximate surface area is 66.6 Å². The van der Waals surface area contributed by atoms with Crippen molar-refractivity contribution in [3.8, 4) is 0 Å². The van der Waals surface area contributed by atoms with Crippen molar-refractivity contribution in [2.75, 3.05) is 6.54 Å². The minimum atomic E-state index is -0.408. The zero-order valence-electron chi connectivity index (χ0n) is 5.92. The first-order valence-corrected chi connectivity index (χ1v) is 3.81. The van der Waals surface area contributed by atoms with Crippen LogP contribution in [0.2, 0.25) is 0 Å². The Bertz CT molecular complexity index is 108. The quantitative estimate of drug-likeness (QED) is 0.390. The van der Waals surface area contributed by atoms with Crippen LogP contribution in [0.15, 0.2) is 0 Å². The van der Waals surface area contributed by atoms with E-state index in [1.54, 1.807) is 0 Å². The molecule has 4 heteroatoms. The van der Waals surface area contributed by atoms with E-state index in [1.807, 2.05) is 0 Å². The van der Waals surface area contributed by atoms with Crippen LogP contribution in [-0.2, 0) is 4.79 Å². The predicted molar refractivity (Wildman–Crippen MR) is 44.9 cm³/mol. The van der Waals surface area contributed by atoms with Crippen LogP contribution in [0.3, 0.4) is 0 Å².